The van der Waals surface area contributed by atoms with E-state index in [-0.39, 0.29) is 0 Å². The first-order valence-electron chi connectivity index (χ1n) is 4.28. The molecule has 1 aromatic rings. The third-order valence-corrected chi connectivity index (χ3v) is 1.78. The molecule has 0 amide bonds. The van der Waals surface area contributed by atoms with Gasteiger partial charge in [-0.1, -0.05) is 6.07 Å². The number of hydrogen-bond donors (Lipinski definition) is 1. The quantitative estimate of drug-likeness (QED) is 0.771. The van der Waals surface area contributed by atoms with Gasteiger partial charge in [0, 0.05) is 6.54 Å². The van der Waals surface area contributed by atoms with Gasteiger partial charge in [-0.05, 0) is 19.1 Å². The Morgan fingerprint density at radius 3 is 2.08 bits per heavy atom. The van der Waals surface area contributed by atoms with Crippen LogP contribution in [-0.2, 0) is 0 Å². The number of anilines is 1. The molecule has 13 heavy (non-hydrogen) atoms. The normalized spacial score (nSPS) is 9.46. The van der Waals surface area contributed by atoms with E-state index in [0.717, 1.165) is 23.7 Å². The van der Waals surface area contributed by atoms with Crippen molar-refractivity contribution in [3.05, 3.63) is 18.2 Å². The molecule has 0 spiro atoms. The summed E-state index contributed by atoms with van der Waals surface area (Å²) in [7, 11) is 3.30. The molecule has 0 saturated carbocycles. The van der Waals surface area contributed by atoms with Gasteiger partial charge < -0.3 is 14.8 Å². The summed E-state index contributed by atoms with van der Waals surface area (Å²) in [5, 5.41) is 3.20. The van der Waals surface area contributed by atoms with Crippen LogP contribution in [-0.4, -0.2) is 20.8 Å². The largest absolute Gasteiger partial charge is 0.494 e. The van der Waals surface area contributed by atoms with E-state index in [2.05, 4.69) is 5.32 Å². The number of hydrogen-bond acceptors (Lipinski definition) is 3. The van der Waals surface area contributed by atoms with Crippen LogP contribution in [0.15, 0.2) is 18.2 Å². The lowest BCUT2D eigenvalue weighted by atomic mass is 10.2. The monoisotopic (exact) mass is 181 g/mol. The lowest BCUT2D eigenvalue weighted by Gasteiger charge is -2.13. The second-order valence-electron chi connectivity index (χ2n) is 2.57. The van der Waals surface area contributed by atoms with Crippen LogP contribution in [0.2, 0.25) is 0 Å². The molecule has 0 aliphatic heterocycles. The number of para-hydroxylation sites is 1. The second kappa shape index (κ2) is 4.60. The zero-order valence-corrected chi connectivity index (χ0v) is 8.26. The van der Waals surface area contributed by atoms with Crippen molar-refractivity contribution in [1.29, 1.82) is 0 Å². The fourth-order valence-corrected chi connectivity index (χ4v) is 1.20. The first-order chi connectivity index (χ1) is 6.33. The van der Waals surface area contributed by atoms with Crippen LogP contribution in [0.4, 0.5) is 5.69 Å². The van der Waals surface area contributed by atoms with E-state index in [0.29, 0.717) is 0 Å². The Morgan fingerprint density at radius 1 is 1.15 bits per heavy atom. The minimum Gasteiger partial charge on any atom is -0.494 e. The molecule has 0 heterocycles. The maximum atomic E-state index is 5.20. The van der Waals surface area contributed by atoms with E-state index < -0.39 is 0 Å². The summed E-state index contributed by atoms with van der Waals surface area (Å²) in [5.74, 6) is 1.61. The smallest absolute Gasteiger partial charge is 0.145 e. The van der Waals surface area contributed by atoms with Crippen molar-refractivity contribution in [1.82, 2.24) is 0 Å². The minimum absolute atomic E-state index is 0.807. The van der Waals surface area contributed by atoms with E-state index in [9.17, 15) is 0 Å². The predicted molar refractivity (Wildman–Crippen MR) is 53.7 cm³/mol. The number of ether oxygens (including phenoxy) is 2. The first-order valence-corrected chi connectivity index (χ1v) is 4.28. The maximum Gasteiger partial charge on any atom is 0.145 e. The number of nitrogens with one attached hydrogen (secondary N) is 1. The summed E-state index contributed by atoms with van der Waals surface area (Å²) in [6, 6.07) is 5.71. The first kappa shape index (κ1) is 9.71. The van der Waals surface area contributed by atoms with Crippen molar-refractivity contribution in [2.45, 2.75) is 6.92 Å². The highest BCUT2D eigenvalue weighted by Gasteiger charge is 2.07. The lowest BCUT2D eigenvalue weighted by molar-refractivity contribution is 0.397. The molecule has 3 nitrogen and oxygen atoms in total. The Hall–Kier alpha value is -1.38. The Morgan fingerprint density at radius 2 is 1.69 bits per heavy atom. The Labute approximate surface area is 78.7 Å². The van der Waals surface area contributed by atoms with Crippen molar-refractivity contribution >= 4 is 5.69 Å². The summed E-state index contributed by atoms with van der Waals surface area (Å²) >= 11 is 0. The van der Waals surface area contributed by atoms with Gasteiger partial charge in [0.05, 0.1) is 14.2 Å². The van der Waals surface area contributed by atoms with Crippen molar-refractivity contribution in [3.63, 3.8) is 0 Å². The zero-order valence-electron chi connectivity index (χ0n) is 8.26. The SMILES string of the molecule is CCNc1c(OC)cccc1OC. The summed E-state index contributed by atoms with van der Waals surface area (Å²) in [4.78, 5) is 0. The van der Waals surface area contributed by atoms with E-state index in [1.807, 2.05) is 25.1 Å². The maximum absolute atomic E-state index is 5.20. The van der Waals surface area contributed by atoms with Crippen molar-refractivity contribution in [2.24, 2.45) is 0 Å². The van der Waals surface area contributed by atoms with Crippen molar-refractivity contribution in [3.8, 4) is 11.5 Å². The Bertz CT molecular complexity index is 251. The van der Waals surface area contributed by atoms with E-state index >= 15 is 0 Å². The summed E-state index contributed by atoms with van der Waals surface area (Å²) in [6.45, 7) is 2.88. The van der Waals surface area contributed by atoms with Crippen molar-refractivity contribution < 1.29 is 9.47 Å². The highest BCUT2D eigenvalue weighted by Crippen LogP contribution is 2.33. The summed E-state index contributed by atoms with van der Waals surface area (Å²) in [5.41, 5.74) is 0.912. The zero-order chi connectivity index (χ0) is 9.68. The summed E-state index contributed by atoms with van der Waals surface area (Å²) in [6.07, 6.45) is 0. The van der Waals surface area contributed by atoms with Gasteiger partial charge in [-0.3, -0.25) is 0 Å². The second-order valence-corrected chi connectivity index (χ2v) is 2.57. The molecule has 0 aliphatic carbocycles. The van der Waals surface area contributed by atoms with Crippen molar-refractivity contribution in [2.75, 3.05) is 26.1 Å². The Balaban J connectivity index is 3.05. The number of methoxy groups -OCH3 is 2. The average molecular weight is 181 g/mol. The highest BCUT2D eigenvalue weighted by molar-refractivity contribution is 5.66. The molecule has 0 aliphatic rings. The van der Waals surface area contributed by atoms with Gasteiger partial charge in [-0.2, -0.15) is 0 Å². The predicted octanol–water partition coefficient (Wildman–Crippen LogP) is 2.14. The molecule has 1 aromatic carbocycles. The molecule has 1 N–H and O–H groups in total. The number of benzene rings is 1. The van der Waals surface area contributed by atoms with Gasteiger partial charge >= 0.3 is 0 Å². The van der Waals surface area contributed by atoms with Crippen LogP contribution >= 0.6 is 0 Å². The molecule has 0 radical (unpaired) electrons. The molecule has 1 rings (SSSR count). The molecule has 0 aromatic heterocycles. The minimum atomic E-state index is 0.807. The van der Waals surface area contributed by atoms with Crippen LogP contribution in [0.1, 0.15) is 6.92 Å². The van der Waals surface area contributed by atoms with E-state index in [4.69, 9.17) is 9.47 Å². The lowest BCUT2D eigenvalue weighted by Crippen LogP contribution is -2.01. The molecule has 72 valence electrons. The molecular weight excluding hydrogens is 166 g/mol. The standard InChI is InChI=1S/C10H15NO2/c1-4-11-10-8(12-2)6-5-7-9(10)13-3/h5-7,11H,4H2,1-3H3. The molecule has 0 saturated heterocycles. The van der Waals surface area contributed by atoms with Gasteiger partial charge in [0.1, 0.15) is 17.2 Å². The molecule has 0 bridgehead atoms. The molecular formula is C10H15NO2. The molecule has 0 atom stereocenters. The molecule has 0 unspecified atom stereocenters. The number of rotatable bonds is 4. The van der Waals surface area contributed by atoms with Gasteiger partial charge in [-0.15, -0.1) is 0 Å². The average Bonchev–Trinajstić information content (AvgIpc) is 2.18. The van der Waals surface area contributed by atoms with Crippen LogP contribution in [0.3, 0.4) is 0 Å². The van der Waals surface area contributed by atoms with Crippen LogP contribution < -0.4 is 14.8 Å². The third-order valence-electron chi connectivity index (χ3n) is 1.78. The van der Waals surface area contributed by atoms with Crippen LogP contribution in [0.5, 0.6) is 11.5 Å². The van der Waals surface area contributed by atoms with Crippen LogP contribution in [0, 0.1) is 0 Å². The topological polar surface area (TPSA) is 30.5 Å². The van der Waals surface area contributed by atoms with Gasteiger partial charge in [0.25, 0.3) is 0 Å². The van der Waals surface area contributed by atoms with E-state index in [1.54, 1.807) is 14.2 Å². The third kappa shape index (κ3) is 2.05. The van der Waals surface area contributed by atoms with E-state index in [1.165, 1.54) is 0 Å². The van der Waals surface area contributed by atoms with Gasteiger partial charge in [-0.25, -0.2) is 0 Å². The highest BCUT2D eigenvalue weighted by atomic mass is 16.5. The van der Waals surface area contributed by atoms with Crippen LogP contribution in [0.25, 0.3) is 0 Å². The molecule has 3 heteroatoms. The Kier molecular flexibility index (Phi) is 3.43. The van der Waals surface area contributed by atoms with Gasteiger partial charge in [0.2, 0.25) is 0 Å². The van der Waals surface area contributed by atoms with Gasteiger partial charge in [0.15, 0.2) is 0 Å². The summed E-state index contributed by atoms with van der Waals surface area (Å²) < 4.78 is 10.4. The fraction of sp³-hybridized carbons (Fsp3) is 0.400. The molecule has 0 fully saturated rings. The fourth-order valence-electron chi connectivity index (χ4n) is 1.20.